The molecule has 0 aliphatic rings. The van der Waals surface area contributed by atoms with Gasteiger partial charge >= 0.3 is 0 Å². The Labute approximate surface area is 115 Å². The number of anilines is 2. The fourth-order valence-electron chi connectivity index (χ4n) is 1.65. The molecule has 2 aromatic carbocycles. The van der Waals surface area contributed by atoms with Crippen molar-refractivity contribution in [2.75, 3.05) is 17.2 Å². The number of nitrogens with one attached hydrogen (secondary N) is 2. The van der Waals surface area contributed by atoms with Crippen LogP contribution in [0.1, 0.15) is 5.56 Å². The van der Waals surface area contributed by atoms with Gasteiger partial charge in [-0.05, 0) is 37.3 Å². The van der Waals surface area contributed by atoms with E-state index in [1.165, 1.54) is 0 Å². The highest BCUT2D eigenvalue weighted by atomic mass is 19.1. The van der Waals surface area contributed by atoms with Gasteiger partial charge in [0.15, 0.2) is 0 Å². The minimum absolute atomic E-state index is 0.0379. The van der Waals surface area contributed by atoms with E-state index < -0.39 is 11.6 Å². The molecule has 20 heavy (non-hydrogen) atoms. The number of hydrogen-bond donors (Lipinski definition) is 2. The fourth-order valence-corrected chi connectivity index (χ4v) is 1.65. The first-order valence-electron chi connectivity index (χ1n) is 6.10. The molecule has 2 aromatic rings. The minimum Gasteiger partial charge on any atom is -0.374 e. The van der Waals surface area contributed by atoms with Crippen LogP contribution in [-0.2, 0) is 4.79 Å². The van der Waals surface area contributed by atoms with Crippen molar-refractivity contribution < 1.29 is 13.6 Å². The third-order valence-corrected chi connectivity index (χ3v) is 2.70. The summed E-state index contributed by atoms with van der Waals surface area (Å²) in [7, 11) is 0. The van der Waals surface area contributed by atoms with E-state index in [0.717, 1.165) is 23.8 Å². The Morgan fingerprint density at radius 2 is 1.80 bits per heavy atom. The molecule has 0 radical (unpaired) electrons. The van der Waals surface area contributed by atoms with Crippen LogP contribution in [0.25, 0.3) is 0 Å². The van der Waals surface area contributed by atoms with Gasteiger partial charge in [0.1, 0.15) is 11.6 Å². The van der Waals surface area contributed by atoms with Crippen LogP contribution in [0.15, 0.2) is 42.5 Å². The predicted octanol–water partition coefficient (Wildman–Crippen LogP) is 3.32. The standard InChI is InChI=1S/C15H14F2N2O/c1-10-2-5-12(6-3-10)19-15(20)9-18-14-8-11(16)4-7-13(14)17/h2-8,18H,9H2,1H3,(H,19,20). The molecule has 0 fully saturated rings. The van der Waals surface area contributed by atoms with Crippen molar-refractivity contribution in [3.05, 3.63) is 59.7 Å². The van der Waals surface area contributed by atoms with E-state index in [1.54, 1.807) is 12.1 Å². The Kier molecular flexibility index (Phi) is 4.30. The van der Waals surface area contributed by atoms with E-state index in [-0.39, 0.29) is 18.1 Å². The Hall–Kier alpha value is -2.43. The molecule has 0 aliphatic heterocycles. The van der Waals surface area contributed by atoms with Gasteiger partial charge in [-0.1, -0.05) is 17.7 Å². The zero-order valence-electron chi connectivity index (χ0n) is 10.9. The summed E-state index contributed by atoms with van der Waals surface area (Å²) in [5.41, 5.74) is 1.70. The summed E-state index contributed by atoms with van der Waals surface area (Å²) in [4.78, 5) is 11.7. The lowest BCUT2D eigenvalue weighted by molar-refractivity contribution is -0.114. The molecule has 2 rings (SSSR count). The summed E-state index contributed by atoms with van der Waals surface area (Å²) < 4.78 is 26.3. The van der Waals surface area contributed by atoms with E-state index in [4.69, 9.17) is 0 Å². The first kappa shape index (κ1) is 14.0. The van der Waals surface area contributed by atoms with Crippen LogP contribution in [0.3, 0.4) is 0 Å². The molecule has 5 heteroatoms. The Balaban J connectivity index is 1.92. The second-order valence-electron chi connectivity index (χ2n) is 4.39. The van der Waals surface area contributed by atoms with Gasteiger partial charge in [-0.2, -0.15) is 0 Å². The summed E-state index contributed by atoms with van der Waals surface area (Å²) in [6.07, 6.45) is 0. The minimum atomic E-state index is -0.602. The first-order chi connectivity index (χ1) is 9.54. The molecule has 104 valence electrons. The van der Waals surface area contributed by atoms with Crippen molar-refractivity contribution in [3.63, 3.8) is 0 Å². The first-order valence-corrected chi connectivity index (χ1v) is 6.10. The molecule has 0 unspecified atom stereocenters. The number of rotatable bonds is 4. The average Bonchev–Trinajstić information content (AvgIpc) is 2.42. The van der Waals surface area contributed by atoms with Crippen LogP contribution in [0, 0.1) is 18.6 Å². The molecule has 0 aliphatic carbocycles. The zero-order chi connectivity index (χ0) is 14.5. The lowest BCUT2D eigenvalue weighted by Crippen LogP contribution is -2.22. The molecule has 0 bridgehead atoms. The average molecular weight is 276 g/mol. The third kappa shape index (κ3) is 3.78. The molecule has 1 amide bonds. The SMILES string of the molecule is Cc1ccc(NC(=O)CNc2cc(F)ccc2F)cc1. The van der Waals surface area contributed by atoms with Crippen LogP contribution in [0.4, 0.5) is 20.2 Å². The maximum Gasteiger partial charge on any atom is 0.243 e. The molecule has 0 atom stereocenters. The monoisotopic (exact) mass is 276 g/mol. The Morgan fingerprint density at radius 3 is 2.50 bits per heavy atom. The van der Waals surface area contributed by atoms with Crippen LogP contribution in [0.5, 0.6) is 0 Å². The fraction of sp³-hybridized carbons (Fsp3) is 0.133. The van der Waals surface area contributed by atoms with Crippen molar-refractivity contribution in [2.24, 2.45) is 0 Å². The number of hydrogen-bond acceptors (Lipinski definition) is 2. The van der Waals surface area contributed by atoms with E-state index >= 15 is 0 Å². The molecule has 0 heterocycles. The van der Waals surface area contributed by atoms with E-state index in [0.29, 0.717) is 5.69 Å². The highest BCUT2D eigenvalue weighted by molar-refractivity contribution is 5.93. The van der Waals surface area contributed by atoms with E-state index in [1.807, 2.05) is 19.1 Å². The zero-order valence-corrected chi connectivity index (χ0v) is 10.9. The summed E-state index contributed by atoms with van der Waals surface area (Å²) in [5.74, 6) is -1.50. The number of carbonyl (C=O) groups is 1. The van der Waals surface area contributed by atoms with Crippen LogP contribution in [0.2, 0.25) is 0 Å². The van der Waals surface area contributed by atoms with Gasteiger partial charge in [-0.3, -0.25) is 4.79 Å². The summed E-state index contributed by atoms with van der Waals surface area (Å²) in [5, 5.41) is 5.21. The smallest absolute Gasteiger partial charge is 0.243 e. The van der Waals surface area contributed by atoms with Gasteiger partial charge in [0.05, 0.1) is 12.2 Å². The second kappa shape index (κ2) is 6.14. The number of aryl methyl sites for hydroxylation is 1. The molecule has 2 N–H and O–H groups in total. The molecule has 0 saturated carbocycles. The third-order valence-electron chi connectivity index (χ3n) is 2.70. The maximum atomic E-state index is 13.3. The van der Waals surface area contributed by atoms with Crippen molar-refractivity contribution in [3.8, 4) is 0 Å². The highest BCUT2D eigenvalue weighted by Gasteiger charge is 2.06. The normalized spacial score (nSPS) is 10.2. The van der Waals surface area contributed by atoms with E-state index in [9.17, 15) is 13.6 Å². The van der Waals surface area contributed by atoms with Crippen LogP contribution < -0.4 is 10.6 Å². The number of amides is 1. The Bertz CT molecular complexity index is 612. The molecular weight excluding hydrogens is 262 g/mol. The molecule has 0 aromatic heterocycles. The highest BCUT2D eigenvalue weighted by Crippen LogP contribution is 2.15. The van der Waals surface area contributed by atoms with Crippen molar-refractivity contribution >= 4 is 17.3 Å². The van der Waals surface area contributed by atoms with Gasteiger partial charge in [-0.25, -0.2) is 8.78 Å². The number of benzene rings is 2. The van der Waals surface area contributed by atoms with Crippen molar-refractivity contribution in [1.82, 2.24) is 0 Å². The topological polar surface area (TPSA) is 41.1 Å². The molecule has 0 saturated heterocycles. The number of carbonyl (C=O) groups excluding carboxylic acids is 1. The van der Waals surface area contributed by atoms with Crippen LogP contribution >= 0.6 is 0 Å². The molecular formula is C15H14F2N2O. The van der Waals surface area contributed by atoms with Gasteiger partial charge in [0, 0.05) is 5.69 Å². The predicted molar refractivity (Wildman–Crippen MR) is 74.7 cm³/mol. The summed E-state index contributed by atoms with van der Waals surface area (Å²) in [6, 6.07) is 10.3. The van der Waals surface area contributed by atoms with Gasteiger partial charge in [0.25, 0.3) is 0 Å². The van der Waals surface area contributed by atoms with Gasteiger partial charge in [0.2, 0.25) is 5.91 Å². The van der Waals surface area contributed by atoms with Gasteiger partial charge < -0.3 is 10.6 Å². The Morgan fingerprint density at radius 1 is 1.10 bits per heavy atom. The lowest BCUT2D eigenvalue weighted by Gasteiger charge is -2.09. The largest absolute Gasteiger partial charge is 0.374 e. The molecule has 3 nitrogen and oxygen atoms in total. The second-order valence-corrected chi connectivity index (χ2v) is 4.39. The number of halogens is 2. The van der Waals surface area contributed by atoms with Gasteiger partial charge in [-0.15, -0.1) is 0 Å². The summed E-state index contributed by atoms with van der Waals surface area (Å²) >= 11 is 0. The van der Waals surface area contributed by atoms with Crippen molar-refractivity contribution in [1.29, 1.82) is 0 Å². The quantitative estimate of drug-likeness (QED) is 0.899. The van der Waals surface area contributed by atoms with E-state index in [2.05, 4.69) is 10.6 Å². The molecule has 0 spiro atoms. The maximum absolute atomic E-state index is 13.3. The lowest BCUT2D eigenvalue weighted by atomic mass is 10.2. The van der Waals surface area contributed by atoms with Crippen molar-refractivity contribution in [2.45, 2.75) is 6.92 Å². The summed E-state index contributed by atoms with van der Waals surface area (Å²) in [6.45, 7) is 1.80. The van der Waals surface area contributed by atoms with Crippen LogP contribution in [-0.4, -0.2) is 12.5 Å².